The Kier molecular flexibility index (Phi) is 1.72. The Morgan fingerprint density at radius 1 is 1.45 bits per heavy atom. The Labute approximate surface area is 68.4 Å². The first kappa shape index (κ1) is 8.55. The summed E-state index contributed by atoms with van der Waals surface area (Å²) in [5.41, 5.74) is 5.67. The van der Waals surface area contributed by atoms with Gasteiger partial charge in [0.1, 0.15) is 0 Å². The maximum Gasteiger partial charge on any atom is 0.0693 e. The highest BCUT2D eigenvalue weighted by atomic mass is 14.7. The lowest BCUT2D eigenvalue weighted by Gasteiger charge is -2.34. The third kappa shape index (κ3) is 0.954. The molecule has 0 radical (unpaired) electrons. The number of hydrogen-bond acceptors (Lipinski definition) is 2. The van der Waals surface area contributed by atoms with Crippen LogP contribution in [0.5, 0.6) is 0 Å². The van der Waals surface area contributed by atoms with Gasteiger partial charge in [-0.1, -0.05) is 13.8 Å². The van der Waals surface area contributed by atoms with Gasteiger partial charge in [-0.2, -0.15) is 5.26 Å². The summed E-state index contributed by atoms with van der Waals surface area (Å²) < 4.78 is 0. The molecule has 0 aromatic rings. The van der Waals surface area contributed by atoms with Crippen LogP contribution in [0.2, 0.25) is 0 Å². The first-order valence-electron chi connectivity index (χ1n) is 4.11. The van der Waals surface area contributed by atoms with Crippen LogP contribution in [0.1, 0.15) is 33.6 Å². The summed E-state index contributed by atoms with van der Waals surface area (Å²) in [5.74, 6) is 0. The number of rotatable bonds is 0. The molecule has 0 bridgehead atoms. The molecule has 2 unspecified atom stereocenters. The summed E-state index contributed by atoms with van der Waals surface area (Å²) >= 11 is 0. The molecular weight excluding hydrogens is 136 g/mol. The van der Waals surface area contributed by atoms with Crippen molar-refractivity contribution >= 4 is 0 Å². The number of hydrogen-bond donors (Lipinski definition) is 1. The summed E-state index contributed by atoms with van der Waals surface area (Å²) in [5, 5.41) is 8.97. The van der Waals surface area contributed by atoms with Crippen LogP contribution in [-0.4, -0.2) is 6.04 Å². The molecule has 0 heterocycles. The SMILES string of the molecule is CC1(C#N)CCC(N)C1(C)C. The van der Waals surface area contributed by atoms with Crippen LogP contribution < -0.4 is 5.73 Å². The van der Waals surface area contributed by atoms with Crippen LogP contribution in [0.4, 0.5) is 0 Å². The summed E-state index contributed by atoms with van der Waals surface area (Å²) in [6, 6.07) is 2.57. The van der Waals surface area contributed by atoms with E-state index in [-0.39, 0.29) is 16.9 Å². The second-order valence-electron chi connectivity index (χ2n) is 4.31. The van der Waals surface area contributed by atoms with Crippen molar-refractivity contribution in [1.29, 1.82) is 5.26 Å². The van der Waals surface area contributed by atoms with Gasteiger partial charge in [-0.25, -0.2) is 0 Å². The zero-order valence-electron chi connectivity index (χ0n) is 7.52. The van der Waals surface area contributed by atoms with Crippen molar-refractivity contribution in [1.82, 2.24) is 0 Å². The van der Waals surface area contributed by atoms with E-state index < -0.39 is 0 Å². The van der Waals surface area contributed by atoms with Gasteiger partial charge in [0.15, 0.2) is 0 Å². The Morgan fingerprint density at radius 2 is 2.00 bits per heavy atom. The van der Waals surface area contributed by atoms with Gasteiger partial charge < -0.3 is 5.73 Å². The molecule has 1 aliphatic carbocycles. The van der Waals surface area contributed by atoms with Crippen molar-refractivity contribution < 1.29 is 0 Å². The monoisotopic (exact) mass is 152 g/mol. The van der Waals surface area contributed by atoms with E-state index in [1.54, 1.807) is 0 Å². The summed E-state index contributed by atoms with van der Waals surface area (Å²) in [4.78, 5) is 0. The second-order valence-corrected chi connectivity index (χ2v) is 4.31. The molecule has 0 spiro atoms. The maximum atomic E-state index is 8.97. The number of nitrogens with two attached hydrogens (primary N) is 1. The van der Waals surface area contributed by atoms with Gasteiger partial charge in [0.2, 0.25) is 0 Å². The fourth-order valence-corrected chi connectivity index (χ4v) is 1.74. The molecule has 1 saturated carbocycles. The summed E-state index contributed by atoms with van der Waals surface area (Å²) in [7, 11) is 0. The molecule has 1 aliphatic rings. The fourth-order valence-electron chi connectivity index (χ4n) is 1.74. The van der Waals surface area contributed by atoms with Crippen molar-refractivity contribution in [3.05, 3.63) is 0 Å². The van der Waals surface area contributed by atoms with E-state index >= 15 is 0 Å². The predicted octanol–water partition coefficient (Wildman–Crippen LogP) is 1.66. The molecule has 2 nitrogen and oxygen atoms in total. The van der Waals surface area contributed by atoms with Crippen molar-refractivity contribution in [3.8, 4) is 6.07 Å². The van der Waals surface area contributed by atoms with Crippen LogP contribution in [0.25, 0.3) is 0 Å². The van der Waals surface area contributed by atoms with E-state index in [4.69, 9.17) is 11.0 Å². The van der Waals surface area contributed by atoms with Gasteiger partial charge >= 0.3 is 0 Å². The molecule has 0 saturated heterocycles. The molecule has 1 fully saturated rings. The number of nitriles is 1. The van der Waals surface area contributed by atoms with Crippen LogP contribution in [0, 0.1) is 22.2 Å². The highest BCUT2D eigenvalue weighted by Gasteiger charge is 2.50. The van der Waals surface area contributed by atoms with E-state index in [2.05, 4.69) is 19.9 Å². The van der Waals surface area contributed by atoms with Crippen LogP contribution in [0.15, 0.2) is 0 Å². The topological polar surface area (TPSA) is 49.8 Å². The van der Waals surface area contributed by atoms with Crippen molar-refractivity contribution in [2.75, 3.05) is 0 Å². The zero-order chi connectivity index (χ0) is 8.70. The lowest BCUT2D eigenvalue weighted by molar-refractivity contribution is 0.180. The van der Waals surface area contributed by atoms with Gasteiger partial charge in [-0.3, -0.25) is 0 Å². The molecule has 0 amide bonds. The molecule has 62 valence electrons. The second kappa shape index (κ2) is 2.22. The Bertz CT molecular complexity index is 202. The average molecular weight is 152 g/mol. The van der Waals surface area contributed by atoms with Crippen LogP contribution in [0.3, 0.4) is 0 Å². The standard InChI is InChI=1S/C9H16N2/c1-8(2)7(11)4-5-9(8,3)6-10/h7H,4-5,11H2,1-3H3. The molecule has 2 heteroatoms. The maximum absolute atomic E-state index is 8.97. The lowest BCUT2D eigenvalue weighted by Crippen LogP contribution is -2.40. The lowest BCUT2D eigenvalue weighted by atomic mass is 9.69. The van der Waals surface area contributed by atoms with Crippen molar-refractivity contribution in [2.24, 2.45) is 16.6 Å². The quantitative estimate of drug-likeness (QED) is 0.574. The van der Waals surface area contributed by atoms with Crippen molar-refractivity contribution in [2.45, 2.75) is 39.7 Å². The molecule has 2 N–H and O–H groups in total. The minimum absolute atomic E-state index is 0.0260. The van der Waals surface area contributed by atoms with Gasteiger partial charge in [0.25, 0.3) is 0 Å². The normalized spacial score (nSPS) is 41.9. The molecule has 2 atom stereocenters. The van der Waals surface area contributed by atoms with E-state index in [1.165, 1.54) is 0 Å². The molecule has 0 aliphatic heterocycles. The Morgan fingerprint density at radius 3 is 2.18 bits per heavy atom. The van der Waals surface area contributed by atoms with Crippen molar-refractivity contribution in [3.63, 3.8) is 0 Å². The highest BCUT2D eigenvalue weighted by molar-refractivity contribution is 5.12. The average Bonchev–Trinajstić information content (AvgIpc) is 2.15. The molecule has 0 aromatic heterocycles. The number of nitrogens with zero attached hydrogens (tertiary/aromatic N) is 1. The van der Waals surface area contributed by atoms with E-state index in [0.717, 1.165) is 12.8 Å². The predicted molar refractivity (Wildman–Crippen MR) is 44.7 cm³/mol. The van der Waals surface area contributed by atoms with E-state index in [1.807, 2.05) is 6.92 Å². The minimum atomic E-state index is -0.216. The van der Waals surface area contributed by atoms with Gasteiger partial charge in [0, 0.05) is 6.04 Å². The van der Waals surface area contributed by atoms with E-state index in [0.29, 0.717) is 0 Å². The molecule has 11 heavy (non-hydrogen) atoms. The highest BCUT2D eigenvalue weighted by Crippen LogP contribution is 2.50. The zero-order valence-corrected chi connectivity index (χ0v) is 7.52. The minimum Gasteiger partial charge on any atom is -0.327 e. The molecule has 0 aromatic carbocycles. The van der Waals surface area contributed by atoms with Gasteiger partial charge in [-0.05, 0) is 25.2 Å². The van der Waals surface area contributed by atoms with Gasteiger partial charge in [0.05, 0.1) is 11.5 Å². The van der Waals surface area contributed by atoms with Gasteiger partial charge in [-0.15, -0.1) is 0 Å². The molecule has 1 rings (SSSR count). The Hall–Kier alpha value is -0.550. The fraction of sp³-hybridized carbons (Fsp3) is 0.889. The van der Waals surface area contributed by atoms with Crippen LogP contribution in [-0.2, 0) is 0 Å². The summed E-state index contributed by atoms with van der Waals surface area (Å²) in [6.45, 7) is 6.20. The van der Waals surface area contributed by atoms with Crippen LogP contribution >= 0.6 is 0 Å². The first-order valence-corrected chi connectivity index (χ1v) is 4.11. The van der Waals surface area contributed by atoms with E-state index in [9.17, 15) is 0 Å². The third-order valence-corrected chi connectivity index (χ3v) is 3.55. The molecular formula is C9H16N2. The summed E-state index contributed by atoms with van der Waals surface area (Å²) in [6.07, 6.45) is 1.93. The Balaban J connectivity index is 2.97. The first-order chi connectivity index (χ1) is 4.94. The smallest absolute Gasteiger partial charge is 0.0693 e. The largest absolute Gasteiger partial charge is 0.327 e. The third-order valence-electron chi connectivity index (χ3n) is 3.55.